The van der Waals surface area contributed by atoms with Crippen LogP contribution in [0.3, 0.4) is 0 Å². The molecule has 20 heavy (non-hydrogen) atoms. The van der Waals surface area contributed by atoms with Crippen LogP contribution in [0.25, 0.3) is 0 Å². The minimum absolute atomic E-state index is 0.0337. The zero-order valence-corrected chi connectivity index (χ0v) is 12.1. The van der Waals surface area contributed by atoms with Gasteiger partial charge in [-0.25, -0.2) is 0 Å². The van der Waals surface area contributed by atoms with E-state index < -0.39 is 0 Å². The largest absolute Gasteiger partial charge is 0.483 e. The molecule has 0 saturated heterocycles. The number of benzene rings is 1. The van der Waals surface area contributed by atoms with Crippen molar-refractivity contribution in [2.75, 3.05) is 0 Å². The van der Waals surface area contributed by atoms with Gasteiger partial charge in [0, 0.05) is 6.42 Å². The molecule has 2 rings (SSSR count). The molecule has 5 heteroatoms. The Balaban J connectivity index is 2.06. The number of hydrogen-bond acceptors (Lipinski definition) is 5. The van der Waals surface area contributed by atoms with Gasteiger partial charge in [-0.15, -0.1) is 0 Å². The lowest BCUT2D eigenvalue weighted by atomic mass is 10.1. The molecule has 0 spiro atoms. The summed E-state index contributed by atoms with van der Waals surface area (Å²) in [5, 5.41) is 13.1. The number of nitrogens with zero attached hydrogens (tertiary/aromatic N) is 2. The molecule has 0 aliphatic rings. The number of aliphatic hydroxyl groups is 1. The third-order valence-electron chi connectivity index (χ3n) is 3.03. The number of hydrogen-bond donors (Lipinski definition) is 1. The number of ether oxygens (including phenoxy) is 1. The predicted molar refractivity (Wildman–Crippen MR) is 74.5 cm³/mol. The van der Waals surface area contributed by atoms with Crippen LogP contribution >= 0.6 is 0 Å². The molecule has 0 amide bonds. The van der Waals surface area contributed by atoms with Crippen LogP contribution in [-0.2, 0) is 19.6 Å². The highest BCUT2D eigenvalue weighted by atomic mass is 16.5. The molecular formula is C15H20N2O3. The molecule has 0 radical (unpaired) electrons. The Hall–Kier alpha value is -1.88. The van der Waals surface area contributed by atoms with Gasteiger partial charge >= 0.3 is 0 Å². The zero-order valence-electron chi connectivity index (χ0n) is 12.1. The van der Waals surface area contributed by atoms with Crippen molar-refractivity contribution in [1.29, 1.82) is 0 Å². The third-order valence-corrected chi connectivity index (χ3v) is 3.03. The van der Waals surface area contributed by atoms with Gasteiger partial charge in [0.15, 0.2) is 12.4 Å². The van der Waals surface area contributed by atoms with Crippen molar-refractivity contribution < 1.29 is 14.4 Å². The third kappa shape index (κ3) is 3.36. The highest BCUT2D eigenvalue weighted by Gasteiger charge is 2.10. The van der Waals surface area contributed by atoms with Gasteiger partial charge in [0.1, 0.15) is 5.75 Å². The average molecular weight is 276 g/mol. The summed E-state index contributed by atoms with van der Waals surface area (Å²) < 4.78 is 10.9. The Labute approximate surface area is 118 Å². The minimum atomic E-state index is 0.0337. The second kappa shape index (κ2) is 6.52. The molecule has 1 heterocycles. The van der Waals surface area contributed by atoms with E-state index in [2.05, 4.69) is 17.1 Å². The maximum atomic E-state index is 9.16. The second-order valence-corrected chi connectivity index (χ2v) is 4.86. The minimum Gasteiger partial charge on any atom is -0.483 e. The first-order chi connectivity index (χ1) is 9.63. The average Bonchev–Trinajstić information content (AvgIpc) is 2.85. The Morgan fingerprint density at radius 1 is 1.25 bits per heavy atom. The number of aliphatic hydroxyl groups excluding tert-OH is 1. The Kier molecular flexibility index (Phi) is 4.74. The van der Waals surface area contributed by atoms with Crippen LogP contribution < -0.4 is 4.74 Å². The Morgan fingerprint density at radius 2 is 1.95 bits per heavy atom. The first-order valence-corrected chi connectivity index (χ1v) is 6.79. The van der Waals surface area contributed by atoms with Crippen LogP contribution in [0.15, 0.2) is 16.7 Å². The van der Waals surface area contributed by atoms with E-state index in [9.17, 15) is 0 Å². The van der Waals surface area contributed by atoms with Crippen molar-refractivity contribution >= 4 is 0 Å². The summed E-state index contributed by atoms with van der Waals surface area (Å²) in [6.45, 7) is 6.28. The molecule has 0 saturated carbocycles. The summed E-state index contributed by atoms with van der Waals surface area (Å²) in [5.41, 5.74) is 2.86. The number of aryl methyl sites for hydroxylation is 3. The highest BCUT2D eigenvalue weighted by Crippen LogP contribution is 2.25. The van der Waals surface area contributed by atoms with Gasteiger partial charge < -0.3 is 14.4 Å². The summed E-state index contributed by atoms with van der Waals surface area (Å²) in [6, 6.07) is 3.83. The van der Waals surface area contributed by atoms with E-state index in [-0.39, 0.29) is 13.2 Å². The van der Waals surface area contributed by atoms with E-state index >= 15 is 0 Å². The fraction of sp³-hybridized carbons (Fsp3) is 0.467. The van der Waals surface area contributed by atoms with Crippen LogP contribution in [0.5, 0.6) is 5.75 Å². The predicted octanol–water partition coefficient (Wildman–Crippen LogP) is 2.71. The van der Waals surface area contributed by atoms with Gasteiger partial charge in [0.2, 0.25) is 0 Å². The highest BCUT2D eigenvalue weighted by molar-refractivity contribution is 5.43. The van der Waals surface area contributed by atoms with E-state index in [4.69, 9.17) is 14.4 Å². The topological polar surface area (TPSA) is 68.4 Å². The zero-order chi connectivity index (χ0) is 14.5. The van der Waals surface area contributed by atoms with Crippen LogP contribution in [0, 0.1) is 13.8 Å². The van der Waals surface area contributed by atoms with Gasteiger partial charge in [-0.2, -0.15) is 4.98 Å². The monoisotopic (exact) mass is 276 g/mol. The summed E-state index contributed by atoms with van der Waals surface area (Å²) in [4.78, 5) is 4.27. The first-order valence-electron chi connectivity index (χ1n) is 6.79. The molecule has 108 valence electrons. The number of rotatable bonds is 6. The lowest BCUT2D eigenvalue weighted by molar-refractivity contribution is 0.239. The van der Waals surface area contributed by atoms with Crippen molar-refractivity contribution in [2.45, 2.75) is 46.8 Å². The van der Waals surface area contributed by atoms with Crippen LogP contribution in [0.1, 0.15) is 41.8 Å². The van der Waals surface area contributed by atoms with Gasteiger partial charge in [0.05, 0.1) is 6.61 Å². The van der Waals surface area contributed by atoms with E-state index in [1.165, 1.54) is 0 Å². The van der Waals surface area contributed by atoms with Crippen molar-refractivity contribution in [3.63, 3.8) is 0 Å². The lowest BCUT2D eigenvalue weighted by Gasteiger charge is -2.12. The molecule has 0 bridgehead atoms. The molecule has 0 atom stereocenters. The molecule has 1 aromatic heterocycles. The van der Waals surface area contributed by atoms with E-state index in [0.717, 1.165) is 41.1 Å². The van der Waals surface area contributed by atoms with Crippen LogP contribution in [-0.4, -0.2) is 15.2 Å². The summed E-state index contributed by atoms with van der Waals surface area (Å²) in [6.07, 6.45) is 1.80. The van der Waals surface area contributed by atoms with E-state index in [1.807, 2.05) is 26.0 Å². The SMILES string of the molecule is CCCc1noc(COc2c(C)cc(CO)cc2C)n1. The quantitative estimate of drug-likeness (QED) is 0.878. The van der Waals surface area contributed by atoms with Crippen molar-refractivity contribution in [1.82, 2.24) is 10.1 Å². The summed E-state index contributed by atoms with van der Waals surface area (Å²) in [7, 11) is 0. The fourth-order valence-electron chi connectivity index (χ4n) is 2.17. The maximum absolute atomic E-state index is 9.16. The Morgan fingerprint density at radius 3 is 2.55 bits per heavy atom. The Bertz CT molecular complexity index is 555. The molecule has 0 unspecified atom stereocenters. The summed E-state index contributed by atoms with van der Waals surface area (Å²) >= 11 is 0. The van der Waals surface area contributed by atoms with E-state index in [1.54, 1.807) is 0 Å². The molecule has 1 aromatic carbocycles. The second-order valence-electron chi connectivity index (χ2n) is 4.86. The van der Waals surface area contributed by atoms with Crippen LogP contribution in [0.4, 0.5) is 0 Å². The maximum Gasteiger partial charge on any atom is 0.264 e. The fourth-order valence-corrected chi connectivity index (χ4v) is 2.17. The van der Waals surface area contributed by atoms with Gasteiger partial charge in [-0.3, -0.25) is 0 Å². The standard InChI is InChI=1S/C15H20N2O3/c1-4-5-13-16-14(20-17-13)9-19-15-10(2)6-12(8-18)7-11(15)3/h6-7,18H,4-5,8-9H2,1-3H3. The molecule has 0 fully saturated rings. The molecule has 0 aliphatic heterocycles. The van der Waals surface area contributed by atoms with Gasteiger partial charge in [0.25, 0.3) is 5.89 Å². The summed E-state index contributed by atoms with van der Waals surface area (Å²) in [5.74, 6) is 2.01. The molecule has 0 aliphatic carbocycles. The van der Waals surface area contributed by atoms with E-state index in [0.29, 0.717) is 5.89 Å². The smallest absolute Gasteiger partial charge is 0.264 e. The lowest BCUT2D eigenvalue weighted by Crippen LogP contribution is -2.01. The van der Waals surface area contributed by atoms with Crippen molar-refractivity contribution in [3.05, 3.63) is 40.5 Å². The molecule has 1 N–H and O–H groups in total. The molecule has 2 aromatic rings. The van der Waals surface area contributed by atoms with Crippen molar-refractivity contribution in [2.24, 2.45) is 0 Å². The number of aromatic nitrogens is 2. The molecule has 5 nitrogen and oxygen atoms in total. The van der Waals surface area contributed by atoms with Gasteiger partial charge in [-0.1, -0.05) is 24.2 Å². The normalized spacial score (nSPS) is 10.8. The molecular weight excluding hydrogens is 256 g/mol. The van der Waals surface area contributed by atoms with Crippen LogP contribution in [0.2, 0.25) is 0 Å². The van der Waals surface area contributed by atoms with Gasteiger partial charge in [-0.05, 0) is 37.0 Å². The van der Waals surface area contributed by atoms with Crippen molar-refractivity contribution in [3.8, 4) is 5.75 Å². The first kappa shape index (κ1) is 14.5.